The summed E-state index contributed by atoms with van der Waals surface area (Å²) in [7, 11) is 1.70. The maximum absolute atomic E-state index is 14.8. The summed E-state index contributed by atoms with van der Waals surface area (Å²) in [5, 5.41) is 25.6. The summed E-state index contributed by atoms with van der Waals surface area (Å²) in [5.41, 5.74) is 2.41. The molecule has 11 nitrogen and oxygen atoms in total. The number of aromatic nitrogens is 6. The molecule has 29 heavy (non-hydrogen) atoms. The summed E-state index contributed by atoms with van der Waals surface area (Å²) in [6.45, 7) is 0.970. The number of amides is 1. The third-order valence-corrected chi connectivity index (χ3v) is 4.93. The van der Waals surface area contributed by atoms with Gasteiger partial charge < -0.3 is 14.7 Å². The Kier molecular flexibility index (Phi) is 3.94. The number of anilines is 2. The first-order chi connectivity index (χ1) is 14.0. The van der Waals surface area contributed by atoms with Crippen LogP contribution in [0.3, 0.4) is 0 Å². The van der Waals surface area contributed by atoms with Gasteiger partial charge in [0.25, 0.3) is 5.95 Å². The molecule has 1 N–H and O–H groups in total. The van der Waals surface area contributed by atoms with E-state index >= 15 is 0 Å². The summed E-state index contributed by atoms with van der Waals surface area (Å²) in [6.07, 6.45) is 0.563. The predicted octanol–water partition coefficient (Wildman–Crippen LogP) is 0.373. The van der Waals surface area contributed by atoms with Gasteiger partial charge in [-0.25, -0.2) is 13.9 Å². The molecule has 2 aliphatic heterocycles. The van der Waals surface area contributed by atoms with Gasteiger partial charge in [0.1, 0.15) is 11.8 Å². The van der Waals surface area contributed by atoms with E-state index in [2.05, 4.69) is 20.5 Å². The monoisotopic (exact) mass is 400 g/mol. The van der Waals surface area contributed by atoms with Crippen LogP contribution in [0.1, 0.15) is 11.3 Å². The maximum atomic E-state index is 14.8. The molecule has 1 aromatic carbocycles. The minimum Gasteiger partial charge on any atom is -0.441 e. The van der Waals surface area contributed by atoms with Crippen LogP contribution < -0.4 is 9.80 Å². The highest BCUT2D eigenvalue weighted by atomic mass is 19.1. The lowest BCUT2D eigenvalue weighted by Crippen LogP contribution is -2.25. The summed E-state index contributed by atoms with van der Waals surface area (Å²) in [6, 6.07) is 4.45. The third-order valence-electron chi connectivity index (χ3n) is 4.93. The second kappa shape index (κ2) is 6.51. The molecule has 0 spiro atoms. The Morgan fingerprint density at radius 2 is 2.17 bits per heavy atom. The van der Waals surface area contributed by atoms with Crippen LogP contribution in [0.15, 0.2) is 24.4 Å². The molecule has 150 valence electrons. The largest absolute Gasteiger partial charge is 0.441 e. The fraction of sp³-hybridized carbons (Fsp3) is 0.353. The van der Waals surface area contributed by atoms with E-state index in [0.717, 1.165) is 11.3 Å². The molecular weight excluding hydrogens is 383 g/mol. The Hall–Kier alpha value is -3.54. The maximum Gasteiger partial charge on any atom is 0.414 e. The number of benzene rings is 1. The molecule has 1 amide bonds. The number of halogens is 1. The van der Waals surface area contributed by atoms with Gasteiger partial charge in [-0.2, -0.15) is 9.90 Å². The molecule has 0 bridgehead atoms. The van der Waals surface area contributed by atoms with Gasteiger partial charge in [-0.15, -0.1) is 5.10 Å². The van der Waals surface area contributed by atoms with Crippen LogP contribution in [-0.4, -0.2) is 60.4 Å². The molecule has 0 radical (unpaired) electrons. The predicted molar refractivity (Wildman–Crippen MR) is 96.9 cm³/mol. The van der Waals surface area contributed by atoms with Crippen molar-refractivity contribution >= 4 is 17.7 Å². The Labute approximate surface area is 163 Å². The molecule has 2 aromatic heterocycles. The second-order valence-electron chi connectivity index (χ2n) is 6.92. The van der Waals surface area contributed by atoms with Crippen LogP contribution in [0.25, 0.3) is 5.69 Å². The number of carbonyl (C=O) groups is 1. The van der Waals surface area contributed by atoms with Crippen molar-refractivity contribution in [1.82, 2.24) is 30.0 Å². The van der Waals surface area contributed by atoms with Crippen molar-refractivity contribution in [2.75, 3.05) is 23.0 Å². The third kappa shape index (κ3) is 2.97. The number of ether oxygens (including phenoxy) is 1. The zero-order valence-electron chi connectivity index (χ0n) is 15.4. The van der Waals surface area contributed by atoms with E-state index in [9.17, 15) is 9.18 Å². The van der Waals surface area contributed by atoms with Crippen molar-refractivity contribution in [1.29, 1.82) is 0 Å². The number of aliphatic hydroxyl groups is 1. The number of hydrogen-bond acceptors (Lipinski definition) is 8. The summed E-state index contributed by atoms with van der Waals surface area (Å²) in [4.78, 5) is 16.5. The first-order valence-corrected chi connectivity index (χ1v) is 8.97. The summed E-state index contributed by atoms with van der Waals surface area (Å²) < 4.78 is 21.3. The number of aryl methyl sites for hydroxylation is 1. The van der Waals surface area contributed by atoms with Gasteiger partial charge in [0, 0.05) is 18.3 Å². The topological polar surface area (TPSA) is 114 Å². The lowest BCUT2D eigenvalue weighted by atomic mass is 10.2. The molecule has 2 aliphatic rings. The van der Waals surface area contributed by atoms with E-state index in [4.69, 9.17) is 9.84 Å². The average molecular weight is 400 g/mol. The number of cyclic esters (lactones) is 1. The highest BCUT2D eigenvalue weighted by Gasteiger charge is 2.32. The van der Waals surface area contributed by atoms with Crippen LogP contribution in [0, 0.1) is 5.82 Å². The first-order valence-electron chi connectivity index (χ1n) is 8.97. The van der Waals surface area contributed by atoms with Gasteiger partial charge in [-0.1, -0.05) is 5.10 Å². The summed E-state index contributed by atoms with van der Waals surface area (Å²) in [5.74, 6) is 0.00244. The summed E-state index contributed by atoms with van der Waals surface area (Å²) >= 11 is 0. The van der Waals surface area contributed by atoms with Gasteiger partial charge in [-0.05, 0) is 23.4 Å². The van der Waals surface area contributed by atoms with E-state index in [1.54, 1.807) is 25.4 Å². The standard InChI is InChI=1S/C17H17FN8O3/c1-23-21-16(19-22-23)24-5-10-6-26(20-14(10)8-24)15-3-2-11(4-13(15)18)25-7-12(9-27)29-17(25)28/h2-4,6,12,27H,5,7-9H2,1H3/t12-/m1/s1. The van der Waals surface area contributed by atoms with E-state index in [0.29, 0.717) is 24.7 Å². The van der Waals surface area contributed by atoms with Crippen molar-refractivity contribution in [3.63, 3.8) is 0 Å². The van der Waals surface area contributed by atoms with Gasteiger partial charge in [-0.3, -0.25) is 4.90 Å². The minimum atomic E-state index is -0.605. The number of fused-ring (bicyclic) bond motifs is 1. The SMILES string of the molecule is Cn1nnc(N2Cc3cn(-c4ccc(N5C[C@H](CO)OC5=O)cc4F)nc3C2)n1. The highest BCUT2D eigenvalue weighted by Crippen LogP contribution is 2.28. The van der Waals surface area contributed by atoms with Gasteiger partial charge in [0.05, 0.1) is 38.1 Å². The van der Waals surface area contributed by atoms with Gasteiger partial charge in [0.15, 0.2) is 5.82 Å². The molecule has 0 saturated carbocycles. The minimum absolute atomic E-state index is 0.177. The fourth-order valence-electron chi connectivity index (χ4n) is 3.50. The lowest BCUT2D eigenvalue weighted by Gasteiger charge is -2.15. The second-order valence-corrected chi connectivity index (χ2v) is 6.92. The Balaban J connectivity index is 1.36. The van der Waals surface area contributed by atoms with Crippen molar-refractivity contribution < 1.29 is 19.0 Å². The number of carbonyl (C=O) groups excluding carboxylic acids is 1. The Morgan fingerprint density at radius 1 is 1.31 bits per heavy atom. The molecule has 12 heteroatoms. The molecule has 1 fully saturated rings. The smallest absolute Gasteiger partial charge is 0.414 e. The van der Waals surface area contributed by atoms with E-state index < -0.39 is 18.0 Å². The van der Waals surface area contributed by atoms with Gasteiger partial charge >= 0.3 is 6.09 Å². The zero-order chi connectivity index (χ0) is 20.1. The van der Waals surface area contributed by atoms with Crippen molar-refractivity contribution in [3.8, 4) is 5.69 Å². The van der Waals surface area contributed by atoms with Crippen LogP contribution >= 0.6 is 0 Å². The van der Waals surface area contributed by atoms with Crippen LogP contribution in [0.4, 0.5) is 20.8 Å². The molecule has 0 aliphatic carbocycles. The lowest BCUT2D eigenvalue weighted by molar-refractivity contribution is 0.0963. The Morgan fingerprint density at radius 3 is 2.83 bits per heavy atom. The number of hydrogen-bond donors (Lipinski definition) is 1. The number of tetrazole rings is 1. The average Bonchev–Trinajstić information content (AvgIpc) is 3.44. The van der Waals surface area contributed by atoms with E-state index in [1.165, 1.54) is 20.4 Å². The molecule has 5 rings (SSSR count). The van der Waals surface area contributed by atoms with E-state index in [1.807, 2.05) is 4.90 Å². The molecule has 1 atom stereocenters. The van der Waals surface area contributed by atoms with Crippen molar-refractivity contribution in [2.45, 2.75) is 19.2 Å². The quantitative estimate of drug-likeness (QED) is 0.668. The Bertz CT molecular complexity index is 1070. The van der Waals surface area contributed by atoms with Crippen molar-refractivity contribution in [2.24, 2.45) is 7.05 Å². The molecule has 3 aromatic rings. The van der Waals surface area contributed by atoms with Crippen molar-refractivity contribution in [3.05, 3.63) is 41.5 Å². The van der Waals surface area contributed by atoms with E-state index in [-0.39, 0.29) is 18.8 Å². The number of rotatable bonds is 4. The molecule has 0 unspecified atom stereocenters. The van der Waals surface area contributed by atoms with Crippen LogP contribution in [-0.2, 0) is 24.9 Å². The van der Waals surface area contributed by atoms with Gasteiger partial charge in [0.2, 0.25) is 0 Å². The van der Waals surface area contributed by atoms with Crippen LogP contribution in [0.2, 0.25) is 0 Å². The fourth-order valence-corrected chi connectivity index (χ4v) is 3.50. The normalized spacial score (nSPS) is 18.4. The molecular formula is C17H17FN8O3. The zero-order valence-corrected chi connectivity index (χ0v) is 15.4. The van der Waals surface area contributed by atoms with Crippen LogP contribution in [0.5, 0.6) is 0 Å². The first kappa shape index (κ1) is 17.6. The highest BCUT2D eigenvalue weighted by molar-refractivity contribution is 5.89. The number of nitrogens with zero attached hydrogens (tertiary/aromatic N) is 8. The molecule has 4 heterocycles. The molecule has 1 saturated heterocycles. The number of aliphatic hydroxyl groups excluding tert-OH is 1.